The third-order valence-electron chi connectivity index (χ3n) is 3.22. The van der Waals surface area contributed by atoms with E-state index in [0.717, 1.165) is 27.7 Å². The van der Waals surface area contributed by atoms with Crippen LogP contribution in [0.3, 0.4) is 0 Å². The molecule has 0 spiro atoms. The fraction of sp³-hybridized carbons (Fsp3) is 0.0667. The maximum Gasteiger partial charge on any atom is 0.123 e. The van der Waals surface area contributed by atoms with Crippen molar-refractivity contribution in [3.8, 4) is 5.69 Å². The van der Waals surface area contributed by atoms with Crippen molar-refractivity contribution in [1.82, 2.24) is 9.78 Å². The molecule has 4 heteroatoms. The van der Waals surface area contributed by atoms with Crippen LogP contribution in [-0.4, -0.2) is 15.6 Å². The maximum atomic E-state index is 7.51. The van der Waals surface area contributed by atoms with Crippen LogP contribution >= 0.6 is 0 Å². The molecular weight excluding hydrogens is 236 g/mol. The molecule has 0 aliphatic carbocycles. The zero-order valence-electron chi connectivity index (χ0n) is 10.6. The Morgan fingerprint density at radius 3 is 2.74 bits per heavy atom. The number of benzene rings is 2. The van der Waals surface area contributed by atoms with E-state index in [1.165, 1.54) is 0 Å². The van der Waals surface area contributed by atoms with Crippen molar-refractivity contribution in [3.63, 3.8) is 0 Å². The molecule has 0 unspecified atom stereocenters. The molecule has 0 atom stereocenters. The maximum absolute atomic E-state index is 7.51. The van der Waals surface area contributed by atoms with Crippen LogP contribution < -0.4 is 5.73 Å². The highest BCUT2D eigenvalue weighted by Gasteiger charge is 2.07. The van der Waals surface area contributed by atoms with Crippen LogP contribution in [-0.2, 0) is 0 Å². The molecule has 0 aliphatic rings. The van der Waals surface area contributed by atoms with Gasteiger partial charge in [0.05, 0.1) is 17.4 Å². The van der Waals surface area contributed by atoms with Gasteiger partial charge in [-0.15, -0.1) is 0 Å². The van der Waals surface area contributed by atoms with Crippen molar-refractivity contribution in [1.29, 1.82) is 5.41 Å². The number of aryl methyl sites for hydroxylation is 1. The van der Waals surface area contributed by atoms with Gasteiger partial charge in [0, 0.05) is 10.9 Å². The van der Waals surface area contributed by atoms with Crippen LogP contribution in [0.5, 0.6) is 0 Å². The third kappa shape index (κ3) is 1.87. The molecule has 3 rings (SSSR count). The summed E-state index contributed by atoms with van der Waals surface area (Å²) in [5.41, 5.74) is 9.32. The predicted molar refractivity (Wildman–Crippen MR) is 76.8 cm³/mol. The van der Waals surface area contributed by atoms with Gasteiger partial charge in [-0.2, -0.15) is 5.10 Å². The molecule has 1 heterocycles. The van der Waals surface area contributed by atoms with Crippen molar-refractivity contribution < 1.29 is 0 Å². The summed E-state index contributed by atoms with van der Waals surface area (Å²) >= 11 is 0. The van der Waals surface area contributed by atoms with E-state index in [9.17, 15) is 0 Å². The Labute approximate surface area is 111 Å². The number of aromatic nitrogens is 2. The summed E-state index contributed by atoms with van der Waals surface area (Å²) < 4.78 is 1.90. The Kier molecular flexibility index (Phi) is 2.56. The molecule has 0 saturated carbocycles. The van der Waals surface area contributed by atoms with E-state index >= 15 is 0 Å². The second kappa shape index (κ2) is 4.24. The van der Waals surface area contributed by atoms with Gasteiger partial charge >= 0.3 is 0 Å². The number of hydrogen-bond donors (Lipinski definition) is 2. The van der Waals surface area contributed by atoms with Gasteiger partial charge in [-0.25, -0.2) is 4.68 Å². The van der Waals surface area contributed by atoms with Gasteiger partial charge in [-0.1, -0.05) is 18.2 Å². The number of fused-ring (bicyclic) bond motifs is 1. The van der Waals surface area contributed by atoms with Crippen molar-refractivity contribution in [2.45, 2.75) is 6.92 Å². The summed E-state index contributed by atoms with van der Waals surface area (Å²) in [5.74, 6) is 0.0920. The van der Waals surface area contributed by atoms with Crippen LogP contribution in [0.4, 0.5) is 0 Å². The smallest absolute Gasteiger partial charge is 0.123 e. The molecule has 0 aliphatic heterocycles. The second-order valence-electron chi connectivity index (χ2n) is 4.53. The Morgan fingerprint density at radius 2 is 2.00 bits per heavy atom. The van der Waals surface area contributed by atoms with E-state index in [4.69, 9.17) is 11.1 Å². The number of nitrogens with zero attached hydrogens (tertiary/aromatic N) is 2. The summed E-state index contributed by atoms with van der Waals surface area (Å²) in [7, 11) is 0. The monoisotopic (exact) mass is 250 g/mol. The molecule has 2 aromatic carbocycles. The fourth-order valence-electron chi connectivity index (χ4n) is 2.26. The van der Waals surface area contributed by atoms with Gasteiger partial charge in [0.2, 0.25) is 0 Å². The molecule has 0 radical (unpaired) electrons. The number of nitrogens with two attached hydrogens (primary N) is 1. The highest BCUT2D eigenvalue weighted by atomic mass is 15.3. The fourth-order valence-corrected chi connectivity index (χ4v) is 2.26. The van der Waals surface area contributed by atoms with E-state index in [1.807, 2.05) is 60.3 Å². The number of nitrogen functional groups attached to an aromatic ring is 1. The highest BCUT2D eigenvalue weighted by molar-refractivity contribution is 5.96. The van der Waals surface area contributed by atoms with Crippen molar-refractivity contribution in [2.24, 2.45) is 5.73 Å². The summed E-state index contributed by atoms with van der Waals surface area (Å²) in [5, 5.41) is 13.0. The normalized spacial score (nSPS) is 10.8. The molecule has 0 amide bonds. The quantitative estimate of drug-likeness (QED) is 0.542. The first-order valence-electron chi connectivity index (χ1n) is 6.05. The van der Waals surface area contributed by atoms with Gasteiger partial charge in [0.25, 0.3) is 0 Å². The molecular formula is C15H14N4. The van der Waals surface area contributed by atoms with Crippen LogP contribution in [0, 0.1) is 12.3 Å². The lowest BCUT2D eigenvalue weighted by Gasteiger charge is -2.08. The number of amidine groups is 1. The molecule has 0 fully saturated rings. The van der Waals surface area contributed by atoms with Crippen molar-refractivity contribution in [2.75, 3.05) is 0 Å². The average molecular weight is 250 g/mol. The van der Waals surface area contributed by atoms with Crippen LogP contribution in [0.15, 0.2) is 48.7 Å². The molecule has 0 bridgehead atoms. The number of para-hydroxylation sites is 1. The summed E-state index contributed by atoms with van der Waals surface area (Å²) in [6, 6.07) is 13.9. The van der Waals surface area contributed by atoms with E-state index < -0.39 is 0 Å². The van der Waals surface area contributed by atoms with E-state index in [0.29, 0.717) is 0 Å². The first-order chi connectivity index (χ1) is 9.16. The Morgan fingerprint density at radius 1 is 1.21 bits per heavy atom. The summed E-state index contributed by atoms with van der Waals surface area (Å²) in [6.45, 7) is 1.95. The van der Waals surface area contributed by atoms with E-state index in [-0.39, 0.29) is 5.84 Å². The Hall–Kier alpha value is -2.62. The summed E-state index contributed by atoms with van der Waals surface area (Å²) in [6.07, 6.45) is 1.85. The van der Waals surface area contributed by atoms with Crippen LogP contribution in [0.2, 0.25) is 0 Å². The first-order valence-corrected chi connectivity index (χ1v) is 6.05. The molecule has 0 saturated heterocycles. The van der Waals surface area contributed by atoms with E-state index in [1.54, 1.807) is 0 Å². The second-order valence-corrected chi connectivity index (χ2v) is 4.53. The molecule has 3 aromatic rings. The van der Waals surface area contributed by atoms with Crippen LogP contribution in [0.1, 0.15) is 11.1 Å². The van der Waals surface area contributed by atoms with Crippen LogP contribution in [0.25, 0.3) is 16.6 Å². The standard InChI is InChI=1S/C15H14N4/c1-10-8-12(6-7-13(10)15(16)17)19-14-5-3-2-4-11(14)9-18-19/h2-9H,1H3,(H3,16,17). The third-order valence-corrected chi connectivity index (χ3v) is 3.22. The lowest BCUT2D eigenvalue weighted by Crippen LogP contribution is -2.13. The summed E-state index contributed by atoms with van der Waals surface area (Å²) in [4.78, 5) is 0. The predicted octanol–water partition coefficient (Wildman–Crippen LogP) is 2.62. The molecule has 3 N–H and O–H groups in total. The number of rotatable bonds is 2. The minimum absolute atomic E-state index is 0.0920. The van der Waals surface area contributed by atoms with Gasteiger partial charge in [0.15, 0.2) is 0 Å². The molecule has 19 heavy (non-hydrogen) atoms. The van der Waals surface area contributed by atoms with Crippen molar-refractivity contribution >= 4 is 16.7 Å². The van der Waals surface area contributed by atoms with Gasteiger partial charge in [-0.3, -0.25) is 5.41 Å². The molecule has 1 aromatic heterocycles. The Bertz CT molecular complexity index is 771. The number of nitrogens with one attached hydrogen (secondary N) is 1. The first kappa shape index (κ1) is 11.5. The van der Waals surface area contributed by atoms with Gasteiger partial charge < -0.3 is 5.73 Å². The van der Waals surface area contributed by atoms with Gasteiger partial charge in [-0.05, 0) is 36.8 Å². The zero-order valence-corrected chi connectivity index (χ0v) is 10.6. The minimum atomic E-state index is 0.0920. The SMILES string of the molecule is Cc1cc(-n2ncc3ccccc32)ccc1C(=N)N. The lowest BCUT2D eigenvalue weighted by atomic mass is 10.1. The van der Waals surface area contributed by atoms with Crippen molar-refractivity contribution in [3.05, 3.63) is 59.8 Å². The number of hydrogen-bond acceptors (Lipinski definition) is 2. The molecule has 94 valence electrons. The topological polar surface area (TPSA) is 67.7 Å². The highest BCUT2D eigenvalue weighted by Crippen LogP contribution is 2.20. The van der Waals surface area contributed by atoms with Gasteiger partial charge in [0.1, 0.15) is 5.84 Å². The largest absolute Gasteiger partial charge is 0.384 e. The van der Waals surface area contributed by atoms with E-state index in [2.05, 4.69) is 5.10 Å². The zero-order chi connectivity index (χ0) is 13.4. The average Bonchev–Trinajstić information content (AvgIpc) is 2.82. The lowest BCUT2D eigenvalue weighted by molar-refractivity contribution is 0.909. The Balaban J connectivity index is 2.17. The molecule has 4 nitrogen and oxygen atoms in total. The minimum Gasteiger partial charge on any atom is -0.384 e.